The quantitative estimate of drug-likeness (QED) is 0.774. The summed E-state index contributed by atoms with van der Waals surface area (Å²) >= 11 is 0. The molecule has 2 atom stereocenters. The molecule has 0 aliphatic carbocycles. The van der Waals surface area contributed by atoms with E-state index < -0.39 is 24.0 Å². The van der Waals surface area contributed by atoms with Gasteiger partial charge in [-0.05, 0) is 19.1 Å². The number of nitrogens with zero attached hydrogens (tertiary/aromatic N) is 2. The minimum absolute atomic E-state index is 0.0458. The second kappa shape index (κ2) is 4.73. The molecule has 1 aromatic rings. The molecule has 6 nitrogen and oxygen atoms in total. The van der Waals surface area contributed by atoms with Crippen LogP contribution in [0.25, 0.3) is 0 Å². The average Bonchev–Trinajstić information content (AvgIpc) is 2.71. The monoisotopic (exact) mass is 250 g/mol. The van der Waals surface area contributed by atoms with Crippen LogP contribution in [0.4, 0.5) is 0 Å². The Bertz CT molecular complexity index is 489. The minimum Gasteiger partial charge on any atom is -0.480 e. The topological polar surface area (TPSA) is 90.7 Å². The van der Waals surface area contributed by atoms with Crippen LogP contribution in [0.1, 0.15) is 22.5 Å². The van der Waals surface area contributed by atoms with E-state index in [1.807, 2.05) is 0 Å². The molecule has 0 saturated carbocycles. The van der Waals surface area contributed by atoms with E-state index in [1.54, 1.807) is 25.3 Å². The van der Waals surface area contributed by atoms with E-state index >= 15 is 0 Å². The van der Waals surface area contributed by atoms with Crippen molar-refractivity contribution in [3.63, 3.8) is 0 Å². The van der Waals surface area contributed by atoms with Crippen LogP contribution < -0.4 is 0 Å². The van der Waals surface area contributed by atoms with E-state index in [1.165, 1.54) is 4.90 Å². The van der Waals surface area contributed by atoms with E-state index in [4.69, 9.17) is 5.11 Å². The molecule has 1 amide bonds. The van der Waals surface area contributed by atoms with Crippen LogP contribution in [-0.4, -0.2) is 50.7 Å². The van der Waals surface area contributed by atoms with Gasteiger partial charge in [-0.3, -0.25) is 9.78 Å². The van der Waals surface area contributed by atoms with Gasteiger partial charge in [-0.25, -0.2) is 4.79 Å². The molecule has 1 fully saturated rings. The van der Waals surface area contributed by atoms with Crippen molar-refractivity contribution in [2.75, 3.05) is 6.54 Å². The summed E-state index contributed by atoms with van der Waals surface area (Å²) in [6.45, 7) is 1.74. The summed E-state index contributed by atoms with van der Waals surface area (Å²) in [5, 5.41) is 18.6. The SMILES string of the molecule is Cc1ncccc1C(=O)N1CC(O)C[C@@H]1C(=O)O. The van der Waals surface area contributed by atoms with Gasteiger partial charge in [0.05, 0.1) is 11.7 Å². The number of aromatic nitrogens is 1. The van der Waals surface area contributed by atoms with Gasteiger partial charge in [0.2, 0.25) is 0 Å². The molecule has 2 N–H and O–H groups in total. The lowest BCUT2D eigenvalue weighted by molar-refractivity contribution is -0.141. The van der Waals surface area contributed by atoms with E-state index in [9.17, 15) is 14.7 Å². The number of rotatable bonds is 2. The van der Waals surface area contributed by atoms with Crippen LogP contribution in [0.5, 0.6) is 0 Å². The van der Waals surface area contributed by atoms with Gasteiger partial charge in [-0.1, -0.05) is 0 Å². The smallest absolute Gasteiger partial charge is 0.326 e. The van der Waals surface area contributed by atoms with E-state index in [0.717, 1.165) is 0 Å². The highest BCUT2D eigenvalue weighted by molar-refractivity contribution is 5.97. The first-order valence-electron chi connectivity index (χ1n) is 5.64. The first-order chi connectivity index (χ1) is 8.50. The van der Waals surface area contributed by atoms with Gasteiger partial charge < -0.3 is 15.1 Å². The molecule has 1 aliphatic heterocycles. The number of hydrogen-bond acceptors (Lipinski definition) is 4. The van der Waals surface area contributed by atoms with Crippen molar-refractivity contribution in [1.29, 1.82) is 0 Å². The van der Waals surface area contributed by atoms with Crippen LogP contribution in [0, 0.1) is 6.92 Å². The third-order valence-electron chi connectivity index (χ3n) is 3.06. The van der Waals surface area contributed by atoms with Gasteiger partial charge >= 0.3 is 5.97 Å². The third kappa shape index (κ3) is 2.19. The van der Waals surface area contributed by atoms with Gasteiger partial charge in [0.15, 0.2) is 0 Å². The number of carbonyl (C=O) groups is 2. The molecule has 6 heteroatoms. The van der Waals surface area contributed by atoms with E-state index in [-0.39, 0.29) is 13.0 Å². The number of carboxylic acid groups (broad SMARTS) is 1. The van der Waals surface area contributed by atoms with Gasteiger partial charge in [-0.15, -0.1) is 0 Å². The molecular weight excluding hydrogens is 236 g/mol. The minimum atomic E-state index is -1.10. The zero-order valence-corrected chi connectivity index (χ0v) is 9.91. The van der Waals surface area contributed by atoms with Crippen LogP contribution in [0.15, 0.2) is 18.3 Å². The Kier molecular flexibility index (Phi) is 3.29. The largest absolute Gasteiger partial charge is 0.480 e. The number of hydrogen-bond donors (Lipinski definition) is 2. The summed E-state index contributed by atoms with van der Waals surface area (Å²) in [5.41, 5.74) is 0.922. The van der Waals surface area contributed by atoms with Gasteiger partial charge in [0.25, 0.3) is 5.91 Å². The van der Waals surface area contributed by atoms with Crippen molar-refractivity contribution in [2.24, 2.45) is 0 Å². The Hall–Kier alpha value is -1.95. The summed E-state index contributed by atoms with van der Waals surface area (Å²) in [6.07, 6.45) is 0.854. The fourth-order valence-corrected chi connectivity index (χ4v) is 2.14. The maximum absolute atomic E-state index is 12.2. The van der Waals surface area contributed by atoms with Crippen molar-refractivity contribution in [2.45, 2.75) is 25.5 Å². The molecule has 0 aromatic carbocycles. The van der Waals surface area contributed by atoms with Crippen molar-refractivity contribution in [1.82, 2.24) is 9.88 Å². The lowest BCUT2D eigenvalue weighted by Gasteiger charge is -2.21. The van der Waals surface area contributed by atoms with E-state index in [2.05, 4.69) is 4.98 Å². The molecule has 0 spiro atoms. The van der Waals surface area contributed by atoms with Gasteiger partial charge in [-0.2, -0.15) is 0 Å². The van der Waals surface area contributed by atoms with Gasteiger partial charge in [0.1, 0.15) is 6.04 Å². The van der Waals surface area contributed by atoms with Crippen molar-refractivity contribution >= 4 is 11.9 Å². The second-order valence-corrected chi connectivity index (χ2v) is 4.34. The molecule has 96 valence electrons. The predicted octanol–water partition coefficient (Wildman–Crippen LogP) is 0.0500. The van der Waals surface area contributed by atoms with Crippen LogP contribution >= 0.6 is 0 Å². The summed E-state index contributed by atoms with van der Waals surface area (Å²) in [5.74, 6) is -1.49. The number of pyridine rings is 1. The lowest BCUT2D eigenvalue weighted by atomic mass is 10.1. The van der Waals surface area contributed by atoms with Crippen molar-refractivity contribution in [3.05, 3.63) is 29.6 Å². The summed E-state index contributed by atoms with van der Waals surface area (Å²) in [7, 11) is 0. The zero-order valence-electron chi connectivity index (χ0n) is 9.91. The van der Waals surface area contributed by atoms with Crippen molar-refractivity contribution in [3.8, 4) is 0 Å². The standard InChI is InChI=1S/C12H14N2O4/c1-7-9(3-2-4-13-7)11(16)14-6-8(15)5-10(14)12(17)18/h2-4,8,10,15H,5-6H2,1H3,(H,17,18)/t8?,10-/m1/s1. The molecule has 2 rings (SSSR count). The van der Waals surface area contributed by atoms with Crippen molar-refractivity contribution < 1.29 is 19.8 Å². The Balaban J connectivity index is 2.28. The average molecular weight is 250 g/mol. The number of β-amino-alcohol motifs (C(OH)–C–C–N with tert-alkyl or cyclic N) is 1. The molecule has 18 heavy (non-hydrogen) atoms. The lowest BCUT2D eigenvalue weighted by Crippen LogP contribution is -2.40. The fraction of sp³-hybridized carbons (Fsp3) is 0.417. The molecule has 2 heterocycles. The molecule has 1 saturated heterocycles. The second-order valence-electron chi connectivity index (χ2n) is 4.34. The number of carboxylic acids is 1. The van der Waals surface area contributed by atoms with Gasteiger partial charge in [0, 0.05) is 24.9 Å². The highest BCUT2D eigenvalue weighted by atomic mass is 16.4. The molecule has 1 aromatic heterocycles. The zero-order chi connectivity index (χ0) is 13.3. The van der Waals surface area contributed by atoms with E-state index in [0.29, 0.717) is 11.3 Å². The number of aliphatic hydroxyl groups is 1. The number of amides is 1. The van der Waals surface area contributed by atoms with Crippen LogP contribution in [-0.2, 0) is 4.79 Å². The number of aryl methyl sites for hydroxylation is 1. The number of likely N-dealkylation sites (tertiary alicyclic amines) is 1. The fourth-order valence-electron chi connectivity index (χ4n) is 2.14. The Morgan fingerprint density at radius 2 is 2.22 bits per heavy atom. The molecule has 0 bridgehead atoms. The summed E-state index contributed by atoms with van der Waals surface area (Å²) in [4.78, 5) is 28.5. The summed E-state index contributed by atoms with van der Waals surface area (Å²) in [6, 6.07) is 2.27. The first kappa shape index (κ1) is 12.5. The highest BCUT2D eigenvalue weighted by Gasteiger charge is 2.39. The predicted molar refractivity (Wildman–Crippen MR) is 62.1 cm³/mol. The third-order valence-corrected chi connectivity index (χ3v) is 3.06. The van der Waals surface area contributed by atoms with Crippen LogP contribution in [0.2, 0.25) is 0 Å². The maximum atomic E-state index is 12.2. The molecular formula is C12H14N2O4. The molecule has 1 unspecified atom stereocenters. The highest BCUT2D eigenvalue weighted by Crippen LogP contribution is 2.21. The normalized spacial score (nSPS) is 23.1. The Labute approximate surface area is 104 Å². The number of aliphatic hydroxyl groups excluding tert-OH is 1. The summed E-state index contributed by atoms with van der Waals surface area (Å²) < 4.78 is 0. The molecule has 1 aliphatic rings. The first-order valence-corrected chi connectivity index (χ1v) is 5.64. The maximum Gasteiger partial charge on any atom is 0.326 e. The Morgan fingerprint density at radius 1 is 1.50 bits per heavy atom. The van der Waals surface area contributed by atoms with Crippen LogP contribution in [0.3, 0.4) is 0 Å². The number of aliphatic carboxylic acids is 1. The molecule has 0 radical (unpaired) electrons. The Morgan fingerprint density at radius 3 is 2.83 bits per heavy atom. The number of carbonyl (C=O) groups excluding carboxylic acids is 1.